The molecule has 29 heavy (non-hydrogen) atoms. The summed E-state index contributed by atoms with van der Waals surface area (Å²) in [6.45, 7) is 5.57. The molecule has 1 atom stereocenters. The minimum atomic E-state index is -0.546. The molecule has 6 nitrogen and oxygen atoms in total. The van der Waals surface area contributed by atoms with Gasteiger partial charge in [0.05, 0.1) is 23.2 Å². The summed E-state index contributed by atoms with van der Waals surface area (Å²) in [7, 11) is 0. The number of nitrogens with zero attached hydrogens (tertiary/aromatic N) is 3. The van der Waals surface area contributed by atoms with Crippen molar-refractivity contribution in [3.8, 4) is 11.5 Å². The van der Waals surface area contributed by atoms with E-state index in [-0.39, 0.29) is 11.9 Å². The van der Waals surface area contributed by atoms with Gasteiger partial charge >= 0.3 is 0 Å². The molecular formula is C22H25N3O3S. The maximum absolute atomic E-state index is 11.9. The molecule has 0 aliphatic carbocycles. The third kappa shape index (κ3) is 2.99. The standard InChI is InChI=1S/C22H25N3O3S/c1-3-27-19-7-4-6-16-18-14-17(20-8-5-13-29-20)23-25(18)22(28-21(16)19)9-11-24(12-10-22)15(2)26/h4-8,13,18H,3,9-12,14H2,1-2H3. The van der Waals surface area contributed by atoms with E-state index in [1.54, 1.807) is 18.3 Å². The molecule has 7 heteroatoms. The first-order chi connectivity index (χ1) is 14.1. The Bertz CT molecular complexity index is 948. The number of para-hydroxylation sites is 1. The molecule has 1 spiro atoms. The van der Waals surface area contributed by atoms with Gasteiger partial charge in [0.25, 0.3) is 0 Å². The van der Waals surface area contributed by atoms with E-state index in [1.807, 2.05) is 24.0 Å². The average Bonchev–Trinajstić information content (AvgIpc) is 3.40. The average molecular weight is 412 g/mol. The number of ether oxygens (including phenoxy) is 2. The number of fused-ring (bicyclic) bond motifs is 4. The second-order valence-electron chi connectivity index (χ2n) is 7.75. The molecule has 0 N–H and O–H groups in total. The zero-order valence-electron chi connectivity index (χ0n) is 16.8. The van der Waals surface area contributed by atoms with Crippen LogP contribution in [0.2, 0.25) is 0 Å². The number of benzene rings is 1. The van der Waals surface area contributed by atoms with Gasteiger partial charge in [0, 0.05) is 44.8 Å². The van der Waals surface area contributed by atoms with E-state index in [4.69, 9.17) is 14.6 Å². The van der Waals surface area contributed by atoms with Crippen molar-refractivity contribution >= 4 is 23.0 Å². The van der Waals surface area contributed by atoms with Gasteiger partial charge in [-0.05, 0) is 24.4 Å². The number of carbonyl (C=O) groups is 1. The number of likely N-dealkylation sites (tertiary alicyclic amines) is 1. The number of hydrogen-bond donors (Lipinski definition) is 0. The molecule has 1 unspecified atom stereocenters. The largest absolute Gasteiger partial charge is 0.490 e. The highest BCUT2D eigenvalue weighted by molar-refractivity contribution is 7.12. The van der Waals surface area contributed by atoms with Gasteiger partial charge in [-0.1, -0.05) is 18.2 Å². The summed E-state index contributed by atoms with van der Waals surface area (Å²) in [6.07, 6.45) is 2.30. The van der Waals surface area contributed by atoms with Crippen molar-refractivity contribution in [2.75, 3.05) is 19.7 Å². The van der Waals surface area contributed by atoms with Crippen molar-refractivity contribution in [1.29, 1.82) is 0 Å². The lowest BCUT2D eigenvalue weighted by atomic mass is 9.91. The zero-order chi connectivity index (χ0) is 20.0. The van der Waals surface area contributed by atoms with Crippen LogP contribution in [0, 0.1) is 0 Å². The summed E-state index contributed by atoms with van der Waals surface area (Å²) in [5.74, 6) is 1.75. The number of hydrogen-bond acceptors (Lipinski definition) is 6. The predicted molar refractivity (Wildman–Crippen MR) is 113 cm³/mol. The molecule has 1 saturated heterocycles. The van der Waals surface area contributed by atoms with Crippen molar-refractivity contribution in [3.05, 3.63) is 46.2 Å². The van der Waals surface area contributed by atoms with Crippen LogP contribution in [-0.2, 0) is 4.79 Å². The van der Waals surface area contributed by atoms with Gasteiger partial charge in [0.15, 0.2) is 11.5 Å². The Kier molecular flexibility index (Phi) is 4.50. The Labute approximate surface area is 174 Å². The molecule has 4 heterocycles. The quantitative estimate of drug-likeness (QED) is 0.765. The van der Waals surface area contributed by atoms with Crippen LogP contribution >= 0.6 is 11.3 Å². The van der Waals surface area contributed by atoms with E-state index in [2.05, 4.69) is 28.6 Å². The van der Waals surface area contributed by atoms with Gasteiger partial charge in [0.2, 0.25) is 11.6 Å². The summed E-state index contributed by atoms with van der Waals surface area (Å²) < 4.78 is 12.6. The number of thiophene rings is 1. The number of amides is 1. The highest BCUT2D eigenvalue weighted by Gasteiger charge is 2.52. The Morgan fingerprint density at radius 3 is 2.83 bits per heavy atom. The summed E-state index contributed by atoms with van der Waals surface area (Å²) >= 11 is 1.72. The van der Waals surface area contributed by atoms with Crippen LogP contribution in [0.1, 0.15) is 49.6 Å². The first kappa shape index (κ1) is 18.5. The summed E-state index contributed by atoms with van der Waals surface area (Å²) in [6, 6.07) is 10.5. The lowest BCUT2D eigenvalue weighted by Crippen LogP contribution is -2.59. The van der Waals surface area contributed by atoms with Crippen LogP contribution in [0.3, 0.4) is 0 Å². The van der Waals surface area contributed by atoms with Gasteiger partial charge in [-0.3, -0.25) is 4.79 Å². The van der Waals surface area contributed by atoms with Gasteiger partial charge < -0.3 is 14.4 Å². The number of hydrazone groups is 1. The molecule has 1 aromatic heterocycles. The molecule has 1 aromatic carbocycles. The summed E-state index contributed by atoms with van der Waals surface area (Å²) in [4.78, 5) is 15.0. The fourth-order valence-corrected chi connectivity index (χ4v) is 5.35. The van der Waals surface area contributed by atoms with Crippen LogP contribution in [0.15, 0.2) is 40.8 Å². The number of rotatable bonds is 3. The lowest BCUT2D eigenvalue weighted by Gasteiger charge is -2.51. The predicted octanol–water partition coefficient (Wildman–Crippen LogP) is 4.03. The van der Waals surface area contributed by atoms with Crippen molar-refractivity contribution in [2.45, 2.75) is 44.9 Å². The minimum Gasteiger partial charge on any atom is -0.490 e. The fourth-order valence-electron chi connectivity index (χ4n) is 4.63. The molecule has 0 radical (unpaired) electrons. The molecule has 0 bridgehead atoms. The smallest absolute Gasteiger partial charge is 0.219 e. The van der Waals surface area contributed by atoms with E-state index >= 15 is 0 Å². The summed E-state index contributed by atoms with van der Waals surface area (Å²) in [5.41, 5.74) is 1.69. The third-order valence-electron chi connectivity index (χ3n) is 6.08. The molecule has 1 amide bonds. The van der Waals surface area contributed by atoms with Crippen molar-refractivity contribution in [3.63, 3.8) is 0 Å². The van der Waals surface area contributed by atoms with Crippen LogP contribution < -0.4 is 9.47 Å². The van der Waals surface area contributed by atoms with Crippen molar-refractivity contribution in [2.24, 2.45) is 5.10 Å². The van der Waals surface area contributed by atoms with Crippen LogP contribution in [0.4, 0.5) is 0 Å². The second kappa shape index (κ2) is 7.06. The number of carbonyl (C=O) groups excluding carboxylic acids is 1. The Morgan fingerprint density at radius 1 is 1.31 bits per heavy atom. The zero-order valence-corrected chi connectivity index (χ0v) is 17.6. The van der Waals surface area contributed by atoms with E-state index in [0.717, 1.165) is 42.0 Å². The van der Waals surface area contributed by atoms with E-state index < -0.39 is 5.72 Å². The Balaban J connectivity index is 1.57. The summed E-state index contributed by atoms with van der Waals surface area (Å²) in [5, 5.41) is 9.33. The topological polar surface area (TPSA) is 54.4 Å². The molecule has 2 aromatic rings. The normalized spacial score (nSPS) is 22.0. The third-order valence-corrected chi connectivity index (χ3v) is 7.00. The van der Waals surface area contributed by atoms with Crippen molar-refractivity contribution in [1.82, 2.24) is 9.91 Å². The van der Waals surface area contributed by atoms with E-state index in [0.29, 0.717) is 19.7 Å². The van der Waals surface area contributed by atoms with Crippen molar-refractivity contribution < 1.29 is 14.3 Å². The monoisotopic (exact) mass is 411 g/mol. The highest BCUT2D eigenvalue weighted by atomic mass is 32.1. The van der Waals surface area contributed by atoms with Gasteiger partial charge in [-0.15, -0.1) is 11.3 Å². The maximum Gasteiger partial charge on any atom is 0.219 e. The molecule has 1 fully saturated rings. The molecule has 3 aliphatic heterocycles. The highest BCUT2D eigenvalue weighted by Crippen LogP contribution is 2.52. The van der Waals surface area contributed by atoms with Crippen LogP contribution in [-0.4, -0.2) is 46.9 Å². The molecule has 0 saturated carbocycles. The second-order valence-corrected chi connectivity index (χ2v) is 8.70. The molecule has 5 rings (SSSR count). The van der Waals surface area contributed by atoms with E-state index in [9.17, 15) is 4.79 Å². The molecular weight excluding hydrogens is 386 g/mol. The van der Waals surface area contributed by atoms with Gasteiger partial charge in [-0.2, -0.15) is 5.10 Å². The van der Waals surface area contributed by atoms with Gasteiger partial charge in [-0.25, -0.2) is 5.01 Å². The first-order valence-corrected chi connectivity index (χ1v) is 11.1. The van der Waals surface area contributed by atoms with Crippen LogP contribution in [0.5, 0.6) is 11.5 Å². The maximum atomic E-state index is 11.9. The minimum absolute atomic E-state index is 0.117. The van der Waals surface area contributed by atoms with Crippen LogP contribution in [0.25, 0.3) is 0 Å². The SMILES string of the molecule is CCOc1cccc2c1OC1(CCN(C(C)=O)CC1)N1N=C(c3cccs3)CC21. The Hall–Kier alpha value is -2.54. The first-order valence-electron chi connectivity index (χ1n) is 10.2. The number of piperidine rings is 1. The molecule has 3 aliphatic rings. The fraction of sp³-hybridized carbons (Fsp3) is 0.455. The lowest BCUT2D eigenvalue weighted by molar-refractivity contribution is -0.159. The Morgan fingerprint density at radius 2 is 2.14 bits per heavy atom. The molecule has 152 valence electrons. The van der Waals surface area contributed by atoms with E-state index in [1.165, 1.54) is 4.88 Å². The van der Waals surface area contributed by atoms with Gasteiger partial charge in [0.1, 0.15) is 0 Å².